The molecule has 0 aliphatic carbocycles. The van der Waals surface area contributed by atoms with Crippen molar-refractivity contribution in [1.82, 2.24) is 0 Å². The summed E-state index contributed by atoms with van der Waals surface area (Å²) in [5, 5.41) is 0. The van der Waals surface area contributed by atoms with Crippen molar-refractivity contribution in [2.45, 2.75) is 63.3 Å². The van der Waals surface area contributed by atoms with Gasteiger partial charge in [-0.25, -0.2) is 0 Å². The van der Waals surface area contributed by atoms with Crippen LogP contribution in [0.25, 0.3) is 0 Å². The Kier molecular flexibility index (Phi) is 5.37. The summed E-state index contributed by atoms with van der Waals surface area (Å²) in [5.41, 5.74) is -0.414. The van der Waals surface area contributed by atoms with E-state index in [0.717, 1.165) is 0 Å². The molecule has 0 aromatic rings. The van der Waals surface area contributed by atoms with Gasteiger partial charge in [0, 0.05) is 13.8 Å². The zero-order chi connectivity index (χ0) is 16.5. The van der Waals surface area contributed by atoms with E-state index in [4.69, 9.17) is 23.7 Å². The third kappa shape index (κ3) is 3.92. The van der Waals surface area contributed by atoms with E-state index in [1.165, 1.54) is 25.6 Å². The normalized spacial score (nSPS) is 36.5. The first-order chi connectivity index (χ1) is 10.2. The predicted octanol–water partition coefficient (Wildman–Crippen LogP) is 1.09. The highest BCUT2D eigenvalue weighted by atomic mass is 32.2. The zero-order valence-electron chi connectivity index (χ0n) is 13.4. The molecular formula is C14H22O7S. The van der Waals surface area contributed by atoms with Crippen molar-refractivity contribution in [1.29, 1.82) is 0 Å². The van der Waals surface area contributed by atoms with Crippen molar-refractivity contribution in [3.05, 3.63) is 0 Å². The average molecular weight is 334 g/mol. The Labute approximate surface area is 133 Å². The highest BCUT2D eigenvalue weighted by Crippen LogP contribution is 2.40. The zero-order valence-corrected chi connectivity index (χ0v) is 14.2. The average Bonchev–Trinajstić information content (AvgIpc) is 2.72. The van der Waals surface area contributed by atoms with Crippen LogP contribution >= 0.6 is 11.8 Å². The molecule has 2 rings (SSSR count). The topological polar surface area (TPSA) is 80.3 Å². The maximum Gasteiger partial charge on any atom is 0.303 e. The first kappa shape index (κ1) is 17.5. The van der Waals surface area contributed by atoms with Gasteiger partial charge in [-0.05, 0) is 20.1 Å². The van der Waals surface area contributed by atoms with E-state index in [-0.39, 0.29) is 12.6 Å². The summed E-state index contributed by atoms with van der Waals surface area (Å²) in [6, 6.07) is 0. The van der Waals surface area contributed by atoms with Gasteiger partial charge < -0.3 is 23.7 Å². The van der Waals surface area contributed by atoms with Crippen LogP contribution < -0.4 is 0 Å². The smallest absolute Gasteiger partial charge is 0.303 e. The van der Waals surface area contributed by atoms with E-state index in [1.807, 2.05) is 6.26 Å². The minimum Gasteiger partial charge on any atom is -0.463 e. The second kappa shape index (κ2) is 6.74. The minimum absolute atomic E-state index is 0.0692. The number of carbonyl (C=O) groups is 2. The molecule has 2 saturated heterocycles. The number of ether oxygens (including phenoxy) is 5. The fourth-order valence-corrected chi connectivity index (χ4v) is 3.41. The standard InChI is InChI=1S/C14H22O7S/c1-7(15)17-6-9-10-11(21-14(3,4)20-10)12(18-8(2)16)13(19-9)22-5/h9-13H,6H2,1-5H3/t9-,10+,11+,12-,13+/m1/s1. The van der Waals surface area contributed by atoms with Gasteiger partial charge in [0.25, 0.3) is 0 Å². The highest BCUT2D eigenvalue weighted by Gasteiger charge is 2.56. The molecule has 0 unspecified atom stereocenters. The fraction of sp³-hybridized carbons (Fsp3) is 0.857. The Morgan fingerprint density at radius 3 is 2.32 bits per heavy atom. The number of esters is 2. The van der Waals surface area contributed by atoms with Crippen molar-refractivity contribution in [3.63, 3.8) is 0 Å². The molecule has 8 heteroatoms. The van der Waals surface area contributed by atoms with Gasteiger partial charge >= 0.3 is 11.9 Å². The number of hydrogen-bond donors (Lipinski definition) is 0. The Balaban J connectivity index is 2.20. The second-order valence-corrected chi connectivity index (χ2v) is 6.66. The SMILES string of the molecule is CS[C@@H]1O[C@H](COC(C)=O)[C@@H]2OC(C)(C)O[C@@H]2[C@H]1OC(C)=O. The lowest BCUT2D eigenvalue weighted by molar-refractivity contribution is -0.195. The largest absolute Gasteiger partial charge is 0.463 e. The number of thioether (sulfide) groups is 1. The Bertz CT molecular complexity index is 439. The van der Waals surface area contributed by atoms with Gasteiger partial charge in [0.15, 0.2) is 11.9 Å². The summed E-state index contributed by atoms with van der Waals surface area (Å²) in [5.74, 6) is -1.61. The Morgan fingerprint density at radius 1 is 1.14 bits per heavy atom. The molecule has 2 fully saturated rings. The van der Waals surface area contributed by atoms with Crippen molar-refractivity contribution in [2.75, 3.05) is 12.9 Å². The molecule has 0 aromatic heterocycles. The van der Waals surface area contributed by atoms with E-state index in [0.29, 0.717) is 0 Å². The summed E-state index contributed by atoms with van der Waals surface area (Å²) >= 11 is 1.41. The molecule has 0 amide bonds. The van der Waals surface area contributed by atoms with Crippen LogP contribution in [0.5, 0.6) is 0 Å². The van der Waals surface area contributed by atoms with Crippen molar-refractivity contribution < 1.29 is 33.3 Å². The molecule has 0 N–H and O–H groups in total. The molecule has 2 heterocycles. The molecule has 126 valence electrons. The summed E-state index contributed by atoms with van der Waals surface area (Å²) < 4.78 is 28.1. The molecule has 0 radical (unpaired) electrons. The van der Waals surface area contributed by atoms with Gasteiger partial charge in [-0.15, -0.1) is 11.8 Å². The Morgan fingerprint density at radius 2 is 1.77 bits per heavy atom. The van der Waals surface area contributed by atoms with E-state index >= 15 is 0 Å². The van der Waals surface area contributed by atoms with Crippen LogP contribution in [-0.4, -0.2) is 60.4 Å². The van der Waals surface area contributed by atoms with Crippen molar-refractivity contribution >= 4 is 23.7 Å². The summed E-state index contributed by atoms with van der Waals surface area (Å²) in [6.07, 6.45) is -0.133. The molecule has 0 bridgehead atoms. The number of hydrogen-bond acceptors (Lipinski definition) is 8. The summed E-state index contributed by atoms with van der Waals surface area (Å²) in [7, 11) is 0. The van der Waals surface area contributed by atoms with Crippen LogP contribution in [0.4, 0.5) is 0 Å². The van der Waals surface area contributed by atoms with E-state index in [2.05, 4.69) is 0 Å². The van der Waals surface area contributed by atoms with Gasteiger partial charge in [0.1, 0.15) is 30.4 Å². The van der Waals surface area contributed by atoms with E-state index in [1.54, 1.807) is 13.8 Å². The third-order valence-electron chi connectivity index (χ3n) is 3.42. The first-order valence-electron chi connectivity index (χ1n) is 7.08. The van der Waals surface area contributed by atoms with Crippen molar-refractivity contribution in [3.8, 4) is 0 Å². The van der Waals surface area contributed by atoms with Crippen LogP contribution in [0.3, 0.4) is 0 Å². The maximum absolute atomic E-state index is 11.4. The number of carbonyl (C=O) groups excluding carboxylic acids is 2. The molecule has 7 nitrogen and oxygen atoms in total. The lowest BCUT2D eigenvalue weighted by atomic mass is 10.00. The van der Waals surface area contributed by atoms with E-state index in [9.17, 15) is 9.59 Å². The van der Waals surface area contributed by atoms with Crippen LogP contribution in [0.15, 0.2) is 0 Å². The molecule has 2 aliphatic rings. The molecule has 0 spiro atoms. The van der Waals surface area contributed by atoms with Crippen LogP contribution in [-0.2, 0) is 33.3 Å². The molecule has 5 atom stereocenters. The molecule has 0 aromatic carbocycles. The van der Waals surface area contributed by atoms with Gasteiger partial charge in [0.05, 0.1) is 0 Å². The monoisotopic (exact) mass is 334 g/mol. The quantitative estimate of drug-likeness (QED) is 0.707. The molecular weight excluding hydrogens is 312 g/mol. The molecule has 0 saturated carbocycles. The predicted molar refractivity (Wildman–Crippen MR) is 78.2 cm³/mol. The maximum atomic E-state index is 11.4. The molecule has 22 heavy (non-hydrogen) atoms. The van der Waals surface area contributed by atoms with Crippen molar-refractivity contribution in [2.24, 2.45) is 0 Å². The van der Waals surface area contributed by atoms with Gasteiger partial charge in [-0.2, -0.15) is 0 Å². The van der Waals surface area contributed by atoms with Crippen LogP contribution in [0, 0.1) is 0 Å². The second-order valence-electron chi connectivity index (χ2n) is 5.72. The van der Waals surface area contributed by atoms with Crippen LogP contribution in [0.1, 0.15) is 27.7 Å². The number of rotatable bonds is 4. The third-order valence-corrected chi connectivity index (χ3v) is 4.26. The molecule has 2 aliphatic heterocycles. The lowest BCUT2D eigenvalue weighted by Crippen LogP contribution is -2.57. The van der Waals surface area contributed by atoms with Gasteiger partial charge in [-0.3, -0.25) is 9.59 Å². The van der Waals surface area contributed by atoms with Crippen LogP contribution in [0.2, 0.25) is 0 Å². The number of fused-ring (bicyclic) bond motifs is 1. The highest BCUT2D eigenvalue weighted by molar-refractivity contribution is 7.99. The fourth-order valence-electron chi connectivity index (χ4n) is 2.68. The minimum atomic E-state index is -0.821. The first-order valence-corrected chi connectivity index (χ1v) is 8.37. The summed E-state index contributed by atoms with van der Waals surface area (Å²) in [6.45, 7) is 6.32. The Hall–Kier alpha value is -0.830. The van der Waals surface area contributed by atoms with E-state index < -0.39 is 41.6 Å². The van der Waals surface area contributed by atoms with Gasteiger partial charge in [-0.1, -0.05) is 0 Å². The lowest BCUT2D eigenvalue weighted by Gasteiger charge is -2.40. The summed E-state index contributed by atoms with van der Waals surface area (Å²) in [4.78, 5) is 22.4. The van der Waals surface area contributed by atoms with Gasteiger partial charge in [0.2, 0.25) is 0 Å².